The fourth-order valence-corrected chi connectivity index (χ4v) is 9.03. The third kappa shape index (κ3) is 7.92. The van der Waals surface area contributed by atoms with E-state index in [1.807, 2.05) is 53.5 Å². The van der Waals surface area contributed by atoms with Crippen LogP contribution < -0.4 is 22.1 Å². The number of hydrogen-bond acceptors (Lipinski definition) is 10. The van der Waals surface area contributed by atoms with Crippen molar-refractivity contribution in [2.75, 3.05) is 23.7 Å². The predicted molar refractivity (Wildman–Crippen MR) is 242 cm³/mol. The molecule has 60 heavy (non-hydrogen) atoms. The number of aromatic nitrogens is 8. The first kappa shape index (κ1) is 40.5. The van der Waals surface area contributed by atoms with Crippen LogP contribution in [-0.2, 0) is 39.0 Å². The van der Waals surface area contributed by atoms with E-state index in [2.05, 4.69) is 86.7 Å². The van der Waals surface area contributed by atoms with Gasteiger partial charge < -0.3 is 31.2 Å². The Labute approximate surface area is 351 Å². The van der Waals surface area contributed by atoms with Crippen LogP contribution in [-0.4, -0.2) is 75.0 Å². The van der Waals surface area contributed by atoms with Gasteiger partial charge in [0.15, 0.2) is 0 Å². The lowest BCUT2D eigenvalue weighted by Crippen LogP contribution is -2.36. The molecule has 6 heterocycles. The van der Waals surface area contributed by atoms with Crippen LogP contribution in [0.2, 0.25) is 0 Å². The molecule has 4 aromatic heterocycles. The molecule has 2 aliphatic rings. The number of hydrogen-bond donors (Lipinski definition) is 4. The first-order valence-electron chi connectivity index (χ1n) is 21.1. The number of nitrogens with one attached hydrogen (secondary N) is 2. The molecular formula is C46H57N13O. The third-order valence-electron chi connectivity index (χ3n) is 11.9. The molecule has 2 atom stereocenters. The van der Waals surface area contributed by atoms with Crippen LogP contribution in [0.1, 0.15) is 82.9 Å². The highest BCUT2D eigenvalue weighted by Crippen LogP contribution is 2.33. The lowest BCUT2D eigenvalue weighted by Gasteiger charge is -2.28. The maximum Gasteiger partial charge on any atom is 0.208 e. The molecule has 0 spiro atoms. The smallest absolute Gasteiger partial charge is 0.208 e. The van der Waals surface area contributed by atoms with E-state index < -0.39 is 0 Å². The molecule has 8 rings (SSSR count). The molecule has 0 bridgehead atoms. The first-order valence-corrected chi connectivity index (χ1v) is 21.1. The molecular weight excluding hydrogens is 751 g/mol. The number of rotatable bonds is 11. The summed E-state index contributed by atoms with van der Waals surface area (Å²) < 4.78 is 8.32. The van der Waals surface area contributed by atoms with Crippen molar-refractivity contribution in [2.24, 2.45) is 11.5 Å². The second kappa shape index (κ2) is 16.8. The van der Waals surface area contributed by atoms with Crippen molar-refractivity contribution in [2.45, 2.75) is 98.1 Å². The number of aldehydes is 1. The van der Waals surface area contributed by atoms with Gasteiger partial charge in [-0.3, -0.25) is 19.1 Å². The number of nitrogens with two attached hydrogens (primary N) is 2. The lowest BCUT2D eigenvalue weighted by molar-refractivity contribution is 0.112. The zero-order valence-electron chi connectivity index (χ0n) is 35.3. The van der Waals surface area contributed by atoms with Gasteiger partial charge in [0.2, 0.25) is 11.9 Å². The van der Waals surface area contributed by atoms with Gasteiger partial charge in [0.25, 0.3) is 0 Å². The molecule has 1 fully saturated rings. The SMILES string of the molecule is C=C(N)c1cc2c3c(c1)nc(NC(=C)c1cc(C)nn1CC)n3C/C=C/Cn1c(NC(=C)c3cc(C)nn3CC)nc3cc(C=O)cc(c31)CCC(N1CCC(N)C1)CC2. The second-order valence-corrected chi connectivity index (χ2v) is 16.2. The van der Waals surface area contributed by atoms with E-state index in [4.69, 9.17) is 21.4 Å². The molecule has 2 aliphatic heterocycles. The third-order valence-corrected chi connectivity index (χ3v) is 11.9. The van der Waals surface area contributed by atoms with Gasteiger partial charge in [-0.1, -0.05) is 31.9 Å². The van der Waals surface area contributed by atoms with Gasteiger partial charge in [-0.25, -0.2) is 9.97 Å². The van der Waals surface area contributed by atoms with E-state index in [0.717, 1.165) is 113 Å². The fraction of sp³-hybridized carbons (Fsp3) is 0.370. The largest absolute Gasteiger partial charge is 0.399 e. The van der Waals surface area contributed by atoms with Gasteiger partial charge in [-0.2, -0.15) is 10.2 Å². The van der Waals surface area contributed by atoms with Crippen molar-refractivity contribution < 1.29 is 4.79 Å². The summed E-state index contributed by atoms with van der Waals surface area (Å²) in [6, 6.07) is 12.6. The number of nitrogens with zero attached hydrogens (tertiary/aromatic N) is 9. The zero-order valence-corrected chi connectivity index (χ0v) is 35.3. The molecule has 0 amide bonds. The van der Waals surface area contributed by atoms with Crippen LogP contribution in [0.4, 0.5) is 11.9 Å². The topological polar surface area (TPSA) is 168 Å². The average Bonchev–Trinajstić information content (AvgIpc) is 4.06. The van der Waals surface area contributed by atoms with Crippen LogP contribution in [0.3, 0.4) is 0 Å². The molecule has 0 aliphatic carbocycles. The Morgan fingerprint density at radius 3 is 1.80 bits per heavy atom. The molecule has 6 aromatic rings. The first-order chi connectivity index (χ1) is 28.9. The van der Waals surface area contributed by atoms with E-state index >= 15 is 0 Å². The zero-order chi connectivity index (χ0) is 42.2. The summed E-state index contributed by atoms with van der Waals surface area (Å²) in [6.45, 7) is 25.3. The summed E-state index contributed by atoms with van der Waals surface area (Å²) in [5.41, 5.74) is 25.8. The van der Waals surface area contributed by atoms with Crippen LogP contribution in [0.5, 0.6) is 0 Å². The van der Waals surface area contributed by atoms with E-state index in [0.29, 0.717) is 60.7 Å². The molecule has 2 unspecified atom stereocenters. The van der Waals surface area contributed by atoms with Crippen molar-refractivity contribution in [1.29, 1.82) is 0 Å². The number of carbonyl (C=O) groups is 1. The minimum Gasteiger partial charge on any atom is -0.399 e. The van der Waals surface area contributed by atoms with Gasteiger partial charge in [-0.05, 0) is 113 Å². The van der Waals surface area contributed by atoms with Gasteiger partial charge in [0.1, 0.15) is 6.29 Å². The van der Waals surface area contributed by atoms with Crippen molar-refractivity contribution in [3.63, 3.8) is 0 Å². The Kier molecular flexibility index (Phi) is 11.3. The summed E-state index contributed by atoms with van der Waals surface area (Å²) in [5.74, 6) is 1.31. The average molecular weight is 808 g/mol. The molecule has 312 valence electrons. The highest BCUT2D eigenvalue weighted by molar-refractivity contribution is 5.91. The standard InChI is InChI=1S/C46H57N13O/c1-8-58-41(20-28(3)53-58)31(6)49-45-51-39-23-33(27-60)22-34-12-14-38(55-19-16-37(48)26-55)15-13-35-24-36(30(5)47)25-40-44(35)57(18-11-10-17-56(45)43(34)39)46(52-40)50-32(7)42-21-29(4)54-59(42)9-2/h10-11,20-25,27,37-38H,5-9,12-19,26,47-48H2,1-4H3,(H,49,51)(H,50,52)/b11-10+. The number of likely N-dealkylation sites (tertiary alicyclic amines) is 1. The Hall–Kier alpha value is -6.25. The predicted octanol–water partition coefficient (Wildman–Crippen LogP) is 6.88. The number of imidazole rings is 2. The molecule has 0 radical (unpaired) electrons. The van der Waals surface area contributed by atoms with Gasteiger partial charge in [0, 0.05) is 62.6 Å². The molecule has 14 heteroatoms. The fourth-order valence-electron chi connectivity index (χ4n) is 9.03. The Bertz CT molecular complexity index is 2670. The van der Waals surface area contributed by atoms with Crippen LogP contribution >= 0.6 is 0 Å². The van der Waals surface area contributed by atoms with Crippen LogP contribution in [0.25, 0.3) is 39.2 Å². The van der Waals surface area contributed by atoms with E-state index in [-0.39, 0.29) is 12.1 Å². The lowest BCUT2D eigenvalue weighted by atomic mass is 9.95. The summed E-state index contributed by atoms with van der Waals surface area (Å²) in [6.07, 6.45) is 9.52. The van der Waals surface area contributed by atoms with E-state index in [1.54, 1.807) is 0 Å². The summed E-state index contributed by atoms with van der Waals surface area (Å²) in [7, 11) is 0. The Balaban J connectivity index is 1.26. The maximum atomic E-state index is 12.4. The van der Waals surface area contributed by atoms with Crippen LogP contribution in [0, 0.1) is 13.8 Å². The summed E-state index contributed by atoms with van der Waals surface area (Å²) >= 11 is 0. The van der Waals surface area contributed by atoms with Gasteiger partial charge in [0.05, 0.1) is 56.2 Å². The molecule has 6 N–H and O–H groups in total. The highest BCUT2D eigenvalue weighted by Gasteiger charge is 2.28. The number of carbonyl (C=O) groups excluding carboxylic acids is 1. The van der Waals surface area contributed by atoms with Gasteiger partial charge in [-0.15, -0.1) is 0 Å². The van der Waals surface area contributed by atoms with Crippen molar-refractivity contribution in [1.82, 2.24) is 43.6 Å². The number of benzene rings is 2. The minimum absolute atomic E-state index is 0.139. The monoisotopic (exact) mass is 807 g/mol. The highest BCUT2D eigenvalue weighted by atomic mass is 16.1. The normalized spacial score (nSPS) is 18.0. The Morgan fingerprint density at radius 2 is 1.32 bits per heavy atom. The summed E-state index contributed by atoms with van der Waals surface area (Å²) in [4.78, 5) is 25.3. The quantitative estimate of drug-likeness (QED) is 0.0801. The van der Waals surface area contributed by atoms with Crippen molar-refractivity contribution >= 4 is 57.3 Å². The number of aryl methyl sites for hydroxylation is 6. The summed E-state index contributed by atoms with van der Waals surface area (Å²) in [5, 5.41) is 16.4. The van der Waals surface area contributed by atoms with E-state index in [9.17, 15) is 4.79 Å². The molecule has 2 aromatic carbocycles. The molecule has 1 saturated heterocycles. The minimum atomic E-state index is 0.139. The van der Waals surface area contributed by atoms with Crippen molar-refractivity contribution in [3.05, 3.63) is 113 Å². The van der Waals surface area contributed by atoms with Gasteiger partial charge >= 0.3 is 0 Å². The number of allylic oxidation sites excluding steroid dienone is 2. The second-order valence-electron chi connectivity index (χ2n) is 16.2. The van der Waals surface area contributed by atoms with Crippen molar-refractivity contribution in [3.8, 4) is 0 Å². The van der Waals surface area contributed by atoms with E-state index in [1.165, 1.54) is 0 Å². The molecule has 14 nitrogen and oxygen atoms in total. The van der Waals surface area contributed by atoms with Crippen LogP contribution in [0.15, 0.2) is 68.3 Å². The molecule has 0 saturated carbocycles. The number of anilines is 2. The maximum absolute atomic E-state index is 12.4. The Morgan fingerprint density at radius 1 is 0.783 bits per heavy atom.